The average Bonchev–Trinajstić information content (AvgIpc) is 3.55. The summed E-state index contributed by atoms with van der Waals surface area (Å²) in [5.41, 5.74) is -0.956. The molecule has 242 valence electrons. The minimum atomic E-state index is -0.907. The molecule has 3 rings (SSSR count). The number of likely N-dealkylation sites (tertiary alicyclic amines) is 1. The number of ether oxygens (including phenoxy) is 4. The van der Waals surface area contributed by atoms with E-state index in [2.05, 4.69) is 10.6 Å². The van der Waals surface area contributed by atoms with Gasteiger partial charge in [-0.25, -0.2) is 9.59 Å². The highest BCUT2D eigenvalue weighted by atomic mass is 16.6. The Morgan fingerprint density at radius 3 is 1.57 bits per heavy atom. The number of amides is 3. The summed E-state index contributed by atoms with van der Waals surface area (Å²) < 4.78 is 20.6. The summed E-state index contributed by atoms with van der Waals surface area (Å²) in [5.74, 6) is -4.04. The van der Waals surface area contributed by atoms with Crippen molar-refractivity contribution in [3.8, 4) is 0 Å². The molecule has 0 spiro atoms. The number of esters is 3. The summed E-state index contributed by atoms with van der Waals surface area (Å²) in [7, 11) is 2.47. The molecule has 44 heavy (non-hydrogen) atoms. The van der Waals surface area contributed by atoms with E-state index in [9.17, 15) is 28.8 Å². The first-order valence-corrected chi connectivity index (χ1v) is 14.5. The molecule has 13 nitrogen and oxygen atoms in total. The van der Waals surface area contributed by atoms with Crippen molar-refractivity contribution >= 4 is 35.8 Å². The number of carbonyl (C=O) groups is 6. The molecule has 1 aromatic rings. The van der Waals surface area contributed by atoms with Crippen LogP contribution >= 0.6 is 0 Å². The van der Waals surface area contributed by atoms with Gasteiger partial charge in [0.05, 0.1) is 26.1 Å². The second kappa shape index (κ2) is 13.6. The molecular formula is C31H43N3O10. The van der Waals surface area contributed by atoms with Crippen molar-refractivity contribution in [2.24, 2.45) is 11.8 Å². The van der Waals surface area contributed by atoms with Gasteiger partial charge in [0.25, 0.3) is 11.8 Å². The Labute approximate surface area is 257 Å². The first-order chi connectivity index (χ1) is 20.4. The summed E-state index contributed by atoms with van der Waals surface area (Å²) in [4.78, 5) is 77.4. The van der Waals surface area contributed by atoms with E-state index in [1.807, 2.05) is 0 Å². The van der Waals surface area contributed by atoms with Crippen LogP contribution in [0.3, 0.4) is 0 Å². The molecule has 1 aromatic carbocycles. The standard InChI is InChI=1S/C31H43N3O10/c1-30(2,3)43-27(38)22-14-19(13-21(22)26(37)41-7)32-24(35)17-9-11-18(12-10-17)25(36)33-20-15-23(28(39)42-8)34(16-20)29(40)44-31(4,5)6/h9-12,19-23H,13-16H2,1-8H3,(H,32,35)(H,33,36)/t19-,20-,21+,22?,23-/m0/s1. The smallest absolute Gasteiger partial charge is 0.411 e. The first kappa shape index (κ1) is 34.3. The Kier molecular flexibility index (Phi) is 10.6. The Morgan fingerprint density at radius 2 is 1.11 bits per heavy atom. The van der Waals surface area contributed by atoms with Crippen molar-refractivity contribution < 1.29 is 47.7 Å². The lowest BCUT2D eigenvalue weighted by Crippen LogP contribution is -2.44. The van der Waals surface area contributed by atoms with E-state index in [1.165, 1.54) is 43.4 Å². The minimum Gasteiger partial charge on any atom is -0.469 e. The highest BCUT2D eigenvalue weighted by molar-refractivity contribution is 5.98. The summed E-state index contributed by atoms with van der Waals surface area (Å²) >= 11 is 0. The third-order valence-corrected chi connectivity index (χ3v) is 7.26. The predicted octanol–water partition coefficient (Wildman–Crippen LogP) is 2.61. The van der Waals surface area contributed by atoms with Crippen molar-refractivity contribution in [3.63, 3.8) is 0 Å². The van der Waals surface area contributed by atoms with Gasteiger partial charge in [-0.05, 0) is 78.6 Å². The number of nitrogens with one attached hydrogen (secondary N) is 2. The molecule has 3 amide bonds. The molecule has 1 heterocycles. The minimum absolute atomic E-state index is 0.0547. The molecule has 0 bridgehead atoms. The van der Waals surface area contributed by atoms with Crippen molar-refractivity contribution in [1.29, 1.82) is 0 Å². The topological polar surface area (TPSA) is 167 Å². The second-order valence-electron chi connectivity index (χ2n) is 13.1. The van der Waals surface area contributed by atoms with Crippen molar-refractivity contribution in [2.45, 2.75) is 90.1 Å². The van der Waals surface area contributed by atoms with Crippen LogP contribution in [0.2, 0.25) is 0 Å². The molecule has 2 N–H and O–H groups in total. The fourth-order valence-corrected chi connectivity index (χ4v) is 5.34. The molecule has 1 aliphatic heterocycles. The third-order valence-electron chi connectivity index (χ3n) is 7.26. The average molecular weight is 618 g/mol. The maximum atomic E-state index is 13.0. The van der Waals surface area contributed by atoms with Crippen LogP contribution in [-0.2, 0) is 33.3 Å². The van der Waals surface area contributed by atoms with E-state index >= 15 is 0 Å². The summed E-state index contributed by atoms with van der Waals surface area (Å²) in [6.07, 6.45) is -0.0968. The zero-order valence-corrected chi connectivity index (χ0v) is 26.6. The number of carbonyl (C=O) groups excluding carboxylic acids is 6. The number of hydrogen-bond acceptors (Lipinski definition) is 10. The number of nitrogens with zero attached hydrogens (tertiary/aromatic N) is 1. The summed E-state index contributed by atoms with van der Waals surface area (Å²) in [5, 5.41) is 5.69. The molecule has 0 radical (unpaired) electrons. The van der Waals surface area contributed by atoms with Gasteiger partial charge in [-0.2, -0.15) is 0 Å². The van der Waals surface area contributed by atoms with Crippen LogP contribution in [-0.4, -0.2) is 90.8 Å². The zero-order valence-electron chi connectivity index (χ0n) is 26.6. The third kappa shape index (κ3) is 8.93. The maximum Gasteiger partial charge on any atom is 0.411 e. The SMILES string of the molecule is COC(=O)[C@@H]1C[C@H](NC(=O)c2ccc(C(=O)N[C@H]3C[C@@H](C(=O)OC)N(C(=O)OC(C)(C)C)C3)cc2)CC1C(=O)OC(C)(C)C. The van der Waals surface area contributed by atoms with Gasteiger partial charge >= 0.3 is 24.0 Å². The first-order valence-electron chi connectivity index (χ1n) is 14.5. The van der Waals surface area contributed by atoms with Crippen LogP contribution in [0.4, 0.5) is 4.79 Å². The number of methoxy groups -OCH3 is 2. The fraction of sp³-hybridized carbons (Fsp3) is 0.613. The predicted molar refractivity (Wildman–Crippen MR) is 156 cm³/mol. The van der Waals surface area contributed by atoms with Gasteiger partial charge in [0.1, 0.15) is 17.2 Å². The van der Waals surface area contributed by atoms with Gasteiger partial charge in [0, 0.05) is 36.2 Å². The van der Waals surface area contributed by atoms with Gasteiger partial charge in [0.2, 0.25) is 0 Å². The van der Waals surface area contributed by atoms with Crippen LogP contribution in [0.15, 0.2) is 24.3 Å². The molecule has 1 aliphatic carbocycles. The molecule has 5 atom stereocenters. The van der Waals surface area contributed by atoms with Gasteiger partial charge < -0.3 is 29.6 Å². The molecule has 13 heteroatoms. The number of benzene rings is 1. The number of rotatable bonds is 7. The van der Waals surface area contributed by atoms with E-state index in [4.69, 9.17) is 18.9 Å². The molecule has 1 saturated heterocycles. The van der Waals surface area contributed by atoms with E-state index < -0.39 is 77.0 Å². The van der Waals surface area contributed by atoms with Gasteiger partial charge in [-0.3, -0.25) is 24.1 Å². The fourth-order valence-electron chi connectivity index (χ4n) is 5.34. The second-order valence-corrected chi connectivity index (χ2v) is 13.1. The van der Waals surface area contributed by atoms with Crippen LogP contribution in [0.1, 0.15) is 81.5 Å². The van der Waals surface area contributed by atoms with Gasteiger partial charge in [-0.15, -0.1) is 0 Å². The Morgan fingerprint density at radius 1 is 0.659 bits per heavy atom. The zero-order chi connectivity index (χ0) is 33.0. The van der Waals surface area contributed by atoms with E-state index in [0.29, 0.717) is 0 Å². The van der Waals surface area contributed by atoms with E-state index in [-0.39, 0.29) is 36.9 Å². The van der Waals surface area contributed by atoms with Crippen molar-refractivity contribution in [1.82, 2.24) is 15.5 Å². The van der Waals surface area contributed by atoms with Gasteiger partial charge in [-0.1, -0.05) is 0 Å². The monoisotopic (exact) mass is 617 g/mol. The quantitative estimate of drug-likeness (QED) is 0.343. The van der Waals surface area contributed by atoms with Gasteiger partial charge in [0.15, 0.2) is 0 Å². The maximum absolute atomic E-state index is 13.0. The van der Waals surface area contributed by atoms with Crippen LogP contribution < -0.4 is 10.6 Å². The van der Waals surface area contributed by atoms with Crippen LogP contribution in [0, 0.1) is 11.8 Å². The molecule has 1 saturated carbocycles. The Balaban J connectivity index is 1.62. The Hall–Kier alpha value is -4.16. The highest BCUT2D eigenvalue weighted by Gasteiger charge is 2.46. The normalized spacial score (nSPS) is 23.4. The summed E-state index contributed by atoms with van der Waals surface area (Å²) in [6, 6.07) is 4.03. The van der Waals surface area contributed by atoms with E-state index in [0.717, 1.165) is 0 Å². The lowest BCUT2D eigenvalue weighted by atomic mass is 9.96. The largest absolute Gasteiger partial charge is 0.469 e. The highest BCUT2D eigenvalue weighted by Crippen LogP contribution is 2.35. The Bertz CT molecular complexity index is 1170. The number of hydrogen-bond donors (Lipinski definition) is 2. The van der Waals surface area contributed by atoms with Crippen LogP contribution in [0.5, 0.6) is 0 Å². The lowest BCUT2D eigenvalue weighted by Gasteiger charge is -2.27. The molecule has 2 fully saturated rings. The molecular weight excluding hydrogens is 574 g/mol. The molecule has 2 aliphatic rings. The van der Waals surface area contributed by atoms with Crippen molar-refractivity contribution in [2.75, 3.05) is 20.8 Å². The summed E-state index contributed by atoms with van der Waals surface area (Å²) in [6.45, 7) is 10.4. The van der Waals surface area contributed by atoms with Crippen LogP contribution in [0.25, 0.3) is 0 Å². The molecule has 1 unspecified atom stereocenters. The van der Waals surface area contributed by atoms with Crippen molar-refractivity contribution in [3.05, 3.63) is 35.4 Å². The molecule has 0 aromatic heterocycles. The van der Waals surface area contributed by atoms with E-state index in [1.54, 1.807) is 41.5 Å². The lowest BCUT2D eigenvalue weighted by molar-refractivity contribution is -0.166.